The van der Waals surface area contributed by atoms with Gasteiger partial charge in [-0.1, -0.05) is 24.0 Å². The van der Waals surface area contributed by atoms with Crippen LogP contribution in [0.1, 0.15) is 42.4 Å². The third-order valence-electron chi connectivity index (χ3n) is 7.20. The van der Waals surface area contributed by atoms with Crippen molar-refractivity contribution in [3.05, 3.63) is 59.3 Å². The molecule has 3 heterocycles. The number of benzene rings is 1. The molecule has 3 aliphatic rings. The van der Waals surface area contributed by atoms with Gasteiger partial charge in [-0.05, 0) is 73.9 Å². The van der Waals surface area contributed by atoms with Crippen LogP contribution in [-0.4, -0.2) is 48.0 Å². The van der Waals surface area contributed by atoms with Crippen LogP contribution in [0, 0.1) is 23.2 Å². The first-order valence-electron chi connectivity index (χ1n) is 11.8. The highest BCUT2D eigenvalue weighted by atomic mass is 16.5. The Balaban J connectivity index is 1.20. The number of nitrogens with zero attached hydrogens (tertiary/aromatic N) is 2. The summed E-state index contributed by atoms with van der Waals surface area (Å²) >= 11 is 0. The van der Waals surface area contributed by atoms with Gasteiger partial charge in [-0.25, -0.2) is 4.98 Å². The molecule has 1 spiro atoms. The lowest BCUT2D eigenvalue weighted by molar-refractivity contribution is -0.152. The Hall–Kier alpha value is -3.17. The number of nitrogens with one attached hydrogen (secondary N) is 1. The van der Waals surface area contributed by atoms with E-state index < -0.39 is 0 Å². The Morgan fingerprint density at radius 1 is 1.15 bits per heavy atom. The van der Waals surface area contributed by atoms with E-state index in [1.807, 2.05) is 23.1 Å². The fourth-order valence-corrected chi connectivity index (χ4v) is 5.31. The average molecular weight is 444 g/mol. The van der Waals surface area contributed by atoms with Gasteiger partial charge < -0.3 is 15.0 Å². The van der Waals surface area contributed by atoms with Crippen LogP contribution in [0.15, 0.2) is 42.6 Å². The lowest BCUT2D eigenvalue weighted by Gasteiger charge is -2.43. The summed E-state index contributed by atoms with van der Waals surface area (Å²) < 4.78 is 5.48. The molecule has 1 aliphatic carbocycles. The number of hydrogen-bond acceptors (Lipinski definition) is 4. The number of ether oxygens (including phenoxy) is 1. The first-order valence-corrected chi connectivity index (χ1v) is 11.8. The summed E-state index contributed by atoms with van der Waals surface area (Å²) in [4.78, 5) is 31.8. The number of likely N-dealkylation sites (tertiary alicyclic amines) is 1. The maximum absolute atomic E-state index is 13.1. The quantitative estimate of drug-likeness (QED) is 0.740. The molecular weight excluding hydrogens is 414 g/mol. The second-order valence-corrected chi connectivity index (χ2v) is 9.32. The number of rotatable bonds is 3. The smallest absolute Gasteiger partial charge is 0.229 e. The van der Waals surface area contributed by atoms with E-state index in [1.165, 1.54) is 11.1 Å². The van der Waals surface area contributed by atoms with Gasteiger partial charge in [-0.15, -0.1) is 0 Å². The Kier molecular flexibility index (Phi) is 6.15. The van der Waals surface area contributed by atoms with Gasteiger partial charge in [0.1, 0.15) is 5.82 Å². The molecule has 2 fully saturated rings. The van der Waals surface area contributed by atoms with Crippen LogP contribution >= 0.6 is 0 Å². The summed E-state index contributed by atoms with van der Waals surface area (Å²) in [5.41, 5.74) is 3.09. The highest BCUT2D eigenvalue weighted by Gasteiger charge is 2.44. The third kappa shape index (κ3) is 4.65. The van der Waals surface area contributed by atoms with Crippen LogP contribution in [-0.2, 0) is 27.2 Å². The molecule has 2 aliphatic heterocycles. The van der Waals surface area contributed by atoms with E-state index in [-0.39, 0.29) is 23.1 Å². The Labute approximate surface area is 194 Å². The largest absolute Gasteiger partial charge is 0.381 e. The monoisotopic (exact) mass is 443 g/mol. The van der Waals surface area contributed by atoms with Crippen molar-refractivity contribution in [3.63, 3.8) is 0 Å². The van der Waals surface area contributed by atoms with Crippen molar-refractivity contribution in [2.75, 3.05) is 31.6 Å². The maximum atomic E-state index is 13.1. The van der Waals surface area contributed by atoms with E-state index in [0.717, 1.165) is 44.2 Å². The number of pyridine rings is 1. The Bertz CT molecular complexity index is 1090. The van der Waals surface area contributed by atoms with Crippen molar-refractivity contribution in [2.24, 2.45) is 11.3 Å². The van der Waals surface area contributed by atoms with Gasteiger partial charge in [0.05, 0.1) is 12.0 Å². The average Bonchev–Trinajstić information content (AvgIpc) is 3.27. The predicted octanol–water partition coefficient (Wildman–Crippen LogP) is 3.21. The van der Waals surface area contributed by atoms with E-state index in [1.54, 1.807) is 12.3 Å². The minimum Gasteiger partial charge on any atom is -0.381 e. The van der Waals surface area contributed by atoms with Gasteiger partial charge in [0.2, 0.25) is 11.8 Å². The molecule has 1 atom stereocenters. The first kappa shape index (κ1) is 21.7. The molecule has 0 bridgehead atoms. The number of fused-ring (bicyclic) bond motifs is 1. The van der Waals surface area contributed by atoms with Crippen LogP contribution < -0.4 is 5.32 Å². The summed E-state index contributed by atoms with van der Waals surface area (Å²) in [5.74, 6) is 7.20. The molecule has 6 heteroatoms. The molecule has 0 radical (unpaired) electrons. The van der Waals surface area contributed by atoms with Crippen LogP contribution in [0.25, 0.3) is 0 Å². The number of carbonyl (C=O) groups excluding carboxylic acids is 2. The standard InChI is InChI=1S/C27H29N3O3/c31-25(29-24-6-1-2-12-28-24)23-18-21-8-7-20(17-22(21)19-23)5-3-13-30-14-4-9-27(26(30)32)10-15-33-16-11-27/h1-2,6-8,12,17,23H,4,9-11,13-16,18-19H2,(H,28,29,31)/t23-/m1/s1. The van der Waals surface area contributed by atoms with Gasteiger partial charge in [0.15, 0.2) is 0 Å². The molecular formula is C27H29N3O3. The number of aromatic nitrogens is 1. The minimum atomic E-state index is -0.226. The summed E-state index contributed by atoms with van der Waals surface area (Å²) in [6, 6.07) is 11.7. The lowest BCUT2D eigenvalue weighted by Crippen LogP contribution is -2.51. The summed E-state index contributed by atoms with van der Waals surface area (Å²) in [5, 5.41) is 2.91. The second kappa shape index (κ2) is 9.36. The minimum absolute atomic E-state index is 0.00295. The molecule has 6 nitrogen and oxygen atoms in total. The van der Waals surface area contributed by atoms with Crippen molar-refractivity contribution in [3.8, 4) is 11.8 Å². The van der Waals surface area contributed by atoms with E-state index in [9.17, 15) is 9.59 Å². The summed E-state index contributed by atoms with van der Waals surface area (Å²) in [6.45, 7) is 2.61. The van der Waals surface area contributed by atoms with Crippen molar-refractivity contribution in [2.45, 2.75) is 38.5 Å². The zero-order valence-electron chi connectivity index (χ0n) is 18.8. The van der Waals surface area contributed by atoms with Crippen LogP contribution in [0.3, 0.4) is 0 Å². The maximum Gasteiger partial charge on any atom is 0.229 e. The Morgan fingerprint density at radius 3 is 2.82 bits per heavy atom. The molecule has 2 amide bonds. The Morgan fingerprint density at radius 2 is 2.00 bits per heavy atom. The van der Waals surface area contributed by atoms with Gasteiger partial charge in [0, 0.05) is 37.4 Å². The normalized spacial score (nSPS) is 21.3. The van der Waals surface area contributed by atoms with E-state index in [0.29, 0.717) is 32.0 Å². The molecule has 2 aromatic rings. The number of amides is 2. The van der Waals surface area contributed by atoms with E-state index in [2.05, 4.69) is 34.3 Å². The molecule has 0 unspecified atom stereocenters. The summed E-state index contributed by atoms with van der Waals surface area (Å²) in [7, 11) is 0. The highest BCUT2D eigenvalue weighted by molar-refractivity contribution is 5.92. The van der Waals surface area contributed by atoms with E-state index >= 15 is 0 Å². The van der Waals surface area contributed by atoms with Gasteiger partial charge in [-0.2, -0.15) is 0 Å². The molecule has 1 aromatic heterocycles. The molecule has 1 aromatic carbocycles. The van der Waals surface area contributed by atoms with Crippen molar-refractivity contribution in [1.29, 1.82) is 0 Å². The molecule has 2 saturated heterocycles. The van der Waals surface area contributed by atoms with Gasteiger partial charge in [0.25, 0.3) is 0 Å². The number of hydrogen-bond donors (Lipinski definition) is 1. The topological polar surface area (TPSA) is 71.5 Å². The predicted molar refractivity (Wildman–Crippen MR) is 125 cm³/mol. The van der Waals surface area contributed by atoms with Crippen molar-refractivity contribution < 1.29 is 14.3 Å². The van der Waals surface area contributed by atoms with E-state index in [4.69, 9.17) is 4.74 Å². The number of piperidine rings is 1. The summed E-state index contributed by atoms with van der Waals surface area (Å²) in [6.07, 6.45) is 6.78. The number of anilines is 1. The lowest BCUT2D eigenvalue weighted by atomic mass is 9.73. The molecule has 0 saturated carbocycles. The third-order valence-corrected chi connectivity index (χ3v) is 7.20. The second-order valence-electron chi connectivity index (χ2n) is 9.32. The van der Waals surface area contributed by atoms with Crippen molar-refractivity contribution >= 4 is 17.6 Å². The molecule has 5 rings (SSSR count). The number of carbonyl (C=O) groups is 2. The fourth-order valence-electron chi connectivity index (χ4n) is 5.31. The van der Waals surface area contributed by atoms with Gasteiger partial charge >= 0.3 is 0 Å². The van der Waals surface area contributed by atoms with Crippen LogP contribution in [0.4, 0.5) is 5.82 Å². The van der Waals surface area contributed by atoms with Crippen LogP contribution in [0.5, 0.6) is 0 Å². The zero-order chi connectivity index (χ0) is 22.7. The first-order chi connectivity index (χ1) is 16.1. The SMILES string of the molecule is O=C(Nc1ccccn1)[C@@H]1Cc2ccc(C#CCN3CCCC4(CCOCC4)C3=O)cc2C1. The molecule has 33 heavy (non-hydrogen) atoms. The highest BCUT2D eigenvalue weighted by Crippen LogP contribution is 2.40. The fraction of sp³-hybridized carbons (Fsp3) is 0.444. The molecule has 170 valence electrons. The molecule has 1 N–H and O–H groups in total. The van der Waals surface area contributed by atoms with Gasteiger partial charge in [-0.3, -0.25) is 9.59 Å². The van der Waals surface area contributed by atoms with Crippen LogP contribution in [0.2, 0.25) is 0 Å². The zero-order valence-corrected chi connectivity index (χ0v) is 18.8. The van der Waals surface area contributed by atoms with Crippen molar-refractivity contribution in [1.82, 2.24) is 9.88 Å².